The highest BCUT2D eigenvalue weighted by atomic mass is 32.1. The Bertz CT molecular complexity index is 955. The van der Waals surface area contributed by atoms with Crippen molar-refractivity contribution >= 4 is 28.3 Å². The number of fused-ring (bicyclic) bond motifs is 1. The molecule has 0 spiro atoms. The van der Waals surface area contributed by atoms with E-state index in [4.69, 9.17) is 0 Å². The molecule has 0 fully saturated rings. The first-order valence-corrected chi connectivity index (χ1v) is 7.89. The second-order valence-corrected chi connectivity index (χ2v) is 5.73. The van der Waals surface area contributed by atoms with E-state index in [0.29, 0.717) is 17.8 Å². The molecule has 2 N–H and O–H groups in total. The normalized spacial score (nSPS) is 11.0. The maximum Gasteiger partial charge on any atom is 0.251 e. The minimum absolute atomic E-state index is 0.161. The Morgan fingerprint density at radius 3 is 3.17 bits per heavy atom. The van der Waals surface area contributed by atoms with Crippen molar-refractivity contribution in [2.45, 2.75) is 6.54 Å². The lowest BCUT2D eigenvalue weighted by atomic mass is 10.2. The monoisotopic (exact) mass is 324 g/mol. The fraction of sp³-hybridized carbons (Fsp3) is 0.0667. The van der Waals surface area contributed by atoms with Crippen LogP contribution in [0, 0.1) is 0 Å². The van der Waals surface area contributed by atoms with Gasteiger partial charge in [-0.3, -0.25) is 4.79 Å². The number of thiophene rings is 1. The van der Waals surface area contributed by atoms with Crippen LogP contribution < -0.4 is 5.32 Å². The highest BCUT2D eigenvalue weighted by Gasteiger charge is 2.09. The number of carbonyl (C=O) groups excluding carboxylic acids is 1. The van der Waals surface area contributed by atoms with E-state index in [2.05, 4.69) is 25.6 Å². The van der Waals surface area contributed by atoms with Crippen molar-refractivity contribution in [2.75, 3.05) is 0 Å². The van der Waals surface area contributed by atoms with Gasteiger partial charge in [-0.1, -0.05) is 5.21 Å². The SMILES string of the molecule is O=C(NCc1cn(-c2ccsc2)nn1)c1ccc2nc[nH]c2c1. The van der Waals surface area contributed by atoms with Crippen LogP contribution in [-0.4, -0.2) is 30.9 Å². The van der Waals surface area contributed by atoms with Gasteiger partial charge in [0.05, 0.1) is 35.8 Å². The average Bonchev–Trinajstić information content (AvgIpc) is 3.32. The molecule has 7 nitrogen and oxygen atoms in total. The molecule has 8 heteroatoms. The van der Waals surface area contributed by atoms with Gasteiger partial charge in [0, 0.05) is 10.9 Å². The Morgan fingerprint density at radius 1 is 1.35 bits per heavy atom. The zero-order chi connectivity index (χ0) is 15.6. The van der Waals surface area contributed by atoms with Gasteiger partial charge in [-0.15, -0.1) is 5.10 Å². The first-order valence-electron chi connectivity index (χ1n) is 6.95. The zero-order valence-corrected chi connectivity index (χ0v) is 12.7. The van der Waals surface area contributed by atoms with Crippen molar-refractivity contribution in [1.82, 2.24) is 30.3 Å². The molecule has 4 rings (SSSR count). The summed E-state index contributed by atoms with van der Waals surface area (Å²) in [6.45, 7) is 0.323. The molecule has 0 bridgehead atoms. The highest BCUT2D eigenvalue weighted by Crippen LogP contribution is 2.12. The molecule has 1 amide bonds. The van der Waals surface area contributed by atoms with Crippen LogP contribution in [0.25, 0.3) is 16.7 Å². The van der Waals surface area contributed by atoms with Crippen LogP contribution in [-0.2, 0) is 6.54 Å². The summed E-state index contributed by atoms with van der Waals surface area (Å²) in [6, 6.07) is 7.30. The molecule has 0 aliphatic heterocycles. The van der Waals surface area contributed by atoms with E-state index in [1.807, 2.05) is 22.9 Å². The lowest BCUT2D eigenvalue weighted by Gasteiger charge is -2.03. The molecular weight excluding hydrogens is 312 g/mol. The van der Waals surface area contributed by atoms with Crippen molar-refractivity contribution in [2.24, 2.45) is 0 Å². The number of nitrogens with zero attached hydrogens (tertiary/aromatic N) is 4. The summed E-state index contributed by atoms with van der Waals surface area (Å²) >= 11 is 1.59. The maximum atomic E-state index is 12.2. The third kappa shape index (κ3) is 2.71. The zero-order valence-electron chi connectivity index (χ0n) is 11.9. The third-order valence-electron chi connectivity index (χ3n) is 3.42. The number of carbonyl (C=O) groups is 1. The number of rotatable bonds is 4. The highest BCUT2D eigenvalue weighted by molar-refractivity contribution is 7.08. The summed E-state index contributed by atoms with van der Waals surface area (Å²) in [4.78, 5) is 19.3. The quantitative estimate of drug-likeness (QED) is 0.602. The third-order valence-corrected chi connectivity index (χ3v) is 4.09. The van der Waals surface area contributed by atoms with Gasteiger partial charge in [0.2, 0.25) is 0 Å². The smallest absolute Gasteiger partial charge is 0.251 e. The van der Waals surface area contributed by atoms with Gasteiger partial charge in [-0.2, -0.15) is 11.3 Å². The van der Waals surface area contributed by atoms with E-state index in [9.17, 15) is 4.79 Å². The number of benzene rings is 1. The van der Waals surface area contributed by atoms with Crippen LogP contribution in [0.3, 0.4) is 0 Å². The fourth-order valence-electron chi connectivity index (χ4n) is 2.24. The Labute approximate surface area is 135 Å². The minimum Gasteiger partial charge on any atom is -0.346 e. The number of nitrogens with one attached hydrogen (secondary N) is 2. The van der Waals surface area contributed by atoms with Gasteiger partial charge < -0.3 is 10.3 Å². The van der Waals surface area contributed by atoms with Crippen molar-refractivity contribution in [3.63, 3.8) is 0 Å². The molecule has 0 unspecified atom stereocenters. The molecule has 0 aliphatic rings. The van der Waals surface area contributed by atoms with Gasteiger partial charge in [-0.05, 0) is 29.6 Å². The number of imidazole rings is 1. The van der Waals surface area contributed by atoms with E-state index in [-0.39, 0.29) is 5.91 Å². The summed E-state index contributed by atoms with van der Waals surface area (Å²) in [5.41, 5.74) is 3.91. The second-order valence-electron chi connectivity index (χ2n) is 4.95. The largest absolute Gasteiger partial charge is 0.346 e. The van der Waals surface area contributed by atoms with Crippen molar-refractivity contribution < 1.29 is 4.79 Å². The fourth-order valence-corrected chi connectivity index (χ4v) is 2.87. The standard InChI is InChI=1S/C15H12N6OS/c22-15(10-1-2-13-14(5-10)18-9-17-13)16-6-11-7-21(20-19-11)12-3-4-23-8-12/h1-5,7-9H,6H2,(H,16,22)(H,17,18). The molecule has 0 radical (unpaired) electrons. The van der Waals surface area contributed by atoms with E-state index in [1.54, 1.807) is 40.7 Å². The van der Waals surface area contributed by atoms with Crippen molar-refractivity contribution in [3.8, 4) is 5.69 Å². The Balaban J connectivity index is 1.45. The van der Waals surface area contributed by atoms with Crippen LogP contribution in [0.1, 0.15) is 16.1 Å². The molecule has 1 aromatic carbocycles. The molecular formula is C15H12N6OS. The van der Waals surface area contributed by atoms with Crippen molar-refractivity contribution in [3.05, 3.63) is 58.8 Å². The number of amides is 1. The topological polar surface area (TPSA) is 88.5 Å². The van der Waals surface area contributed by atoms with Crippen LogP contribution in [0.15, 0.2) is 47.5 Å². The summed E-state index contributed by atoms with van der Waals surface area (Å²) < 4.78 is 1.69. The first kappa shape index (κ1) is 13.6. The molecule has 0 saturated carbocycles. The number of aromatic amines is 1. The summed E-state index contributed by atoms with van der Waals surface area (Å²) in [5, 5.41) is 14.9. The Morgan fingerprint density at radius 2 is 2.30 bits per heavy atom. The molecule has 3 aromatic heterocycles. The lowest BCUT2D eigenvalue weighted by molar-refractivity contribution is 0.0950. The van der Waals surface area contributed by atoms with E-state index >= 15 is 0 Å². The molecule has 0 atom stereocenters. The first-order chi connectivity index (χ1) is 11.3. The van der Waals surface area contributed by atoms with Crippen LogP contribution in [0.2, 0.25) is 0 Å². The molecule has 3 heterocycles. The molecule has 0 saturated heterocycles. The van der Waals surface area contributed by atoms with Crippen LogP contribution >= 0.6 is 11.3 Å². The maximum absolute atomic E-state index is 12.2. The van der Waals surface area contributed by atoms with Gasteiger partial charge in [0.15, 0.2) is 0 Å². The van der Waals surface area contributed by atoms with Gasteiger partial charge in [0.1, 0.15) is 5.69 Å². The Kier molecular flexibility index (Phi) is 3.35. The predicted octanol–water partition coefficient (Wildman–Crippen LogP) is 2.14. The lowest BCUT2D eigenvalue weighted by Crippen LogP contribution is -2.22. The van der Waals surface area contributed by atoms with E-state index in [1.165, 1.54) is 0 Å². The molecule has 114 valence electrons. The molecule has 4 aromatic rings. The van der Waals surface area contributed by atoms with Gasteiger partial charge in [0.25, 0.3) is 5.91 Å². The average molecular weight is 324 g/mol. The van der Waals surface area contributed by atoms with Crippen LogP contribution in [0.5, 0.6) is 0 Å². The molecule has 23 heavy (non-hydrogen) atoms. The van der Waals surface area contributed by atoms with E-state index < -0.39 is 0 Å². The van der Waals surface area contributed by atoms with Gasteiger partial charge in [-0.25, -0.2) is 9.67 Å². The Hall–Kier alpha value is -3.00. The van der Waals surface area contributed by atoms with E-state index in [0.717, 1.165) is 16.7 Å². The second kappa shape index (κ2) is 5.65. The van der Waals surface area contributed by atoms with Crippen molar-refractivity contribution in [1.29, 1.82) is 0 Å². The molecule has 0 aliphatic carbocycles. The number of H-pyrrole nitrogens is 1. The summed E-state index contributed by atoms with van der Waals surface area (Å²) in [7, 11) is 0. The minimum atomic E-state index is -0.161. The number of aromatic nitrogens is 5. The van der Waals surface area contributed by atoms with Gasteiger partial charge >= 0.3 is 0 Å². The summed E-state index contributed by atoms with van der Waals surface area (Å²) in [5.74, 6) is -0.161. The van der Waals surface area contributed by atoms with Crippen LogP contribution in [0.4, 0.5) is 0 Å². The number of hydrogen-bond acceptors (Lipinski definition) is 5. The number of hydrogen-bond donors (Lipinski definition) is 2. The predicted molar refractivity (Wildman–Crippen MR) is 86.5 cm³/mol. The summed E-state index contributed by atoms with van der Waals surface area (Å²) in [6.07, 6.45) is 3.41.